The molecule has 0 atom stereocenters. The van der Waals surface area contributed by atoms with Crippen LogP contribution in [0.1, 0.15) is 29.6 Å². The van der Waals surface area contributed by atoms with Crippen LogP contribution in [0.25, 0.3) is 0 Å². The lowest BCUT2D eigenvalue weighted by atomic mass is 10.2. The first kappa shape index (κ1) is 13.9. The number of hydrogen-bond acceptors (Lipinski definition) is 4. The molecule has 0 unspecified atom stereocenters. The summed E-state index contributed by atoms with van der Waals surface area (Å²) in [6, 6.07) is 8.48. The fraction of sp³-hybridized carbons (Fsp3) is 0.333. The Morgan fingerprint density at radius 1 is 1.11 bits per heavy atom. The molecule has 2 rings (SSSR count). The summed E-state index contributed by atoms with van der Waals surface area (Å²) in [7, 11) is 0. The van der Waals surface area contributed by atoms with E-state index in [9.17, 15) is 0 Å². The Kier molecular flexibility index (Phi) is 4.43. The highest BCUT2D eigenvalue weighted by Crippen LogP contribution is 2.23. The van der Waals surface area contributed by atoms with Crippen LogP contribution in [0.15, 0.2) is 29.2 Å². The molecule has 3 nitrogen and oxygen atoms in total. The molecule has 0 spiro atoms. The maximum atomic E-state index is 5.93. The molecule has 0 bridgehead atoms. The van der Waals surface area contributed by atoms with Gasteiger partial charge in [0, 0.05) is 16.2 Å². The highest BCUT2D eigenvalue weighted by molar-refractivity contribution is 7.98. The summed E-state index contributed by atoms with van der Waals surface area (Å²) < 4.78 is 0. The van der Waals surface area contributed by atoms with E-state index >= 15 is 0 Å². The molecule has 2 N–H and O–H groups in total. The number of benzene rings is 1. The standard InChI is InChI=1S/C15H19N3S/c1-4-13-11(3)15(16)18-14(17-13)9-19-12-7-5-10(2)6-8-12/h5-8H,4,9H2,1-3H3,(H2,16,17,18). The zero-order valence-electron chi connectivity index (χ0n) is 11.6. The van der Waals surface area contributed by atoms with Crippen LogP contribution in [-0.4, -0.2) is 9.97 Å². The number of nitrogen functional groups attached to an aromatic ring is 1. The Morgan fingerprint density at radius 2 is 1.79 bits per heavy atom. The summed E-state index contributed by atoms with van der Waals surface area (Å²) in [4.78, 5) is 10.2. The van der Waals surface area contributed by atoms with Crippen molar-refractivity contribution in [1.82, 2.24) is 9.97 Å². The SMILES string of the molecule is CCc1nc(CSc2ccc(C)cc2)nc(N)c1C. The van der Waals surface area contributed by atoms with Crippen molar-refractivity contribution in [3.63, 3.8) is 0 Å². The number of aromatic nitrogens is 2. The lowest BCUT2D eigenvalue weighted by Gasteiger charge is -2.08. The van der Waals surface area contributed by atoms with Crippen LogP contribution in [0.2, 0.25) is 0 Å². The third-order valence-corrected chi connectivity index (χ3v) is 4.06. The van der Waals surface area contributed by atoms with Crippen molar-refractivity contribution in [3.8, 4) is 0 Å². The third-order valence-electron chi connectivity index (χ3n) is 3.05. The molecule has 1 aromatic heterocycles. The topological polar surface area (TPSA) is 51.8 Å². The number of aryl methyl sites for hydroxylation is 2. The van der Waals surface area contributed by atoms with Crippen LogP contribution in [0.4, 0.5) is 5.82 Å². The highest BCUT2D eigenvalue weighted by Gasteiger charge is 2.07. The number of thioether (sulfide) groups is 1. The van der Waals surface area contributed by atoms with Gasteiger partial charge in [0.05, 0.1) is 5.75 Å². The minimum Gasteiger partial charge on any atom is -0.383 e. The number of nitrogens with zero attached hydrogens (tertiary/aromatic N) is 2. The van der Waals surface area contributed by atoms with Gasteiger partial charge in [-0.15, -0.1) is 11.8 Å². The van der Waals surface area contributed by atoms with Crippen LogP contribution >= 0.6 is 11.8 Å². The monoisotopic (exact) mass is 273 g/mol. The minimum atomic E-state index is 0.603. The summed E-state index contributed by atoms with van der Waals surface area (Å²) in [6.45, 7) is 6.16. The van der Waals surface area contributed by atoms with Gasteiger partial charge in [-0.05, 0) is 32.4 Å². The van der Waals surface area contributed by atoms with Crippen LogP contribution < -0.4 is 5.73 Å². The van der Waals surface area contributed by atoms with Gasteiger partial charge in [0.1, 0.15) is 11.6 Å². The average Bonchev–Trinajstić information content (AvgIpc) is 2.41. The van der Waals surface area contributed by atoms with Gasteiger partial charge in [0.25, 0.3) is 0 Å². The second-order valence-electron chi connectivity index (χ2n) is 4.55. The maximum absolute atomic E-state index is 5.93. The van der Waals surface area contributed by atoms with Gasteiger partial charge in [0.2, 0.25) is 0 Å². The Hall–Kier alpha value is -1.55. The molecule has 19 heavy (non-hydrogen) atoms. The summed E-state index contributed by atoms with van der Waals surface area (Å²) in [5.74, 6) is 2.16. The quantitative estimate of drug-likeness (QED) is 0.866. The van der Waals surface area contributed by atoms with E-state index < -0.39 is 0 Å². The van der Waals surface area contributed by atoms with E-state index in [1.807, 2.05) is 6.92 Å². The summed E-state index contributed by atoms with van der Waals surface area (Å²) in [5.41, 5.74) is 9.25. The first-order valence-electron chi connectivity index (χ1n) is 6.41. The van der Waals surface area contributed by atoms with Gasteiger partial charge in [-0.1, -0.05) is 24.6 Å². The maximum Gasteiger partial charge on any atom is 0.141 e. The molecule has 0 aliphatic heterocycles. The van der Waals surface area contributed by atoms with E-state index in [0.717, 1.165) is 29.3 Å². The molecule has 0 saturated carbocycles. The molecular weight excluding hydrogens is 254 g/mol. The largest absolute Gasteiger partial charge is 0.383 e. The molecule has 0 saturated heterocycles. The normalized spacial score (nSPS) is 10.7. The average molecular weight is 273 g/mol. The van der Waals surface area contributed by atoms with Crippen LogP contribution in [0.3, 0.4) is 0 Å². The molecular formula is C15H19N3S. The van der Waals surface area contributed by atoms with E-state index in [1.54, 1.807) is 11.8 Å². The predicted molar refractivity (Wildman–Crippen MR) is 81.3 cm³/mol. The number of anilines is 1. The number of nitrogens with two attached hydrogens (primary N) is 1. The van der Waals surface area contributed by atoms with Crippen molar-refractivity contribution in [1.29, 1.82) is 0 Å². The van der Waals surface area contributed by atoms with Gasteiger partial charge in [-0.3, -0.25) is 0 Å². The number of rotatable bonds is 4. The third kappa shape index (κ3) is 3.47. The molecule has 1 aromatic carbocycles. The predicted octanol–water partition coefficient (Wildman–Crippen LogP) is 3.53. The Bertz CT molecular complexity index is 564. The van der Waals surface area contributed by atoms with Gasteiger partial charge in [0.15, 0.2) is 0 Å². The summed E-state index contributed by atoms with van der Waals surface area (Å²) in [6.07, 6.45) is 0.890. The second-order valence-corrected chi connectivity index (χ2v) is 5.60. The summed E-state index contributed by atoms with van der Waals surface area (Å²) >= 11 is 1.74. The smallest absolute Gasteiger partial charge is 0.141 e. The molecule has 0 amide bonds. The van der Waals surface area contributed by atoms with E-state index in [2.05, 4.69) is 48.1 Å². The van der Waals surface area contributed by atoms with Gasteiger partial charge < -0.3 is 5.73 Å². The van der Waals surface area contributed by atoms with Crippen LogP contribution in [-0.2, 0) is 12.2 Å². The van der Waals surface area contributed by atoms with Crippen molar-refractivity contribution in [2.24, 2.45) is 0 Å². The van der Waals surface area contributed by atoms with Gasteiger partial charge >= 0.3 is 0 Å². The molecule has 2 aromatic rings. The van der Waals surface area contributed by atoms with Gasteiger partial charge in [-0.2, -0.15) is 0 Å². The zero-order chi connectivity index (χ0) is 13.8. The van der Waals surface area contributed by atoms with E-state index in [4.69, 9.17) is 5.73 Å². The van der Waals surface area contributed by atoms with E-state index in [1.165, 1.54) is 10.5 Å². The molecule has 0 aliphatic carbocycles. The van der Waals surface area contributed by atoms with Crippen LogP contribution in [0, 0.1) is 13.8 Å². The van der Waals surface area contributed by atoms with Crippen molar-refractivity contribution < 1.29 is 0 Å². The lowest BCUT2D eigenvalue weighted by Crippen LogP contribution is -2.05. The lowest BCUT2D eigenvalue weighted by molar-refractivity contribution is 0.924. The highest BCUT2D eigenvalue weighted by atomic mass is 32.2. The van der Waals surface area contributed by atoms with Gasteiger partial charge in [-0.25, -0.2) is 9.97 Å². The molecule has 0 radical (unpaired) electrons. The first-order valence-corrected chi connectivity index (χ1v) is 7.40. The molecule has 0 aliphatic rings. The van der Waals surface area contributed by atoms with Crippen molar-refractivity contribution in [2.75, 3.05) is 5.73 Å². The molecule has 0 fully saturated rings. The van der Waals surface area contributed by atoms with Crippen molar-refractivity contribution >= 4 is 17.6 Å². The molecule has 1 heterocycles. The van der Waals surface area contributed by atoms with E-state index in [0.29, 0.717) is 5.82 Å². The minimum absolute atomic E-state index is 0.603. The summed E-state index contributed by atoms with van der Waals surface area (Å²) in [5, 5.41) is 0. The molecule has 4 heteroatoms. The first-order chi connectivity index (χ1) is 9.10. The second kappa shape index (κ2) is 6.06. The van der Waals surface area contributed by atoms with Crippen molar-refractivity contribution in [3.05, 3.63) is 46.9 Å². The Labute approximate surface area is 118 Å². The van der Waals surface area contributed by atoms with Crippen LogP contribution in [0.5, 0.6) is 0 Å². The molecule has 100 valence electrons. The zero-order valence-corrected chi connectivity index (χ0v) is 12.4. The fourth-order valence-electron chi connectivity index (χ4n) is 1.83. The number of hydrogen-bond donors (Lipinski definition) is 1. The van der Waals surface area contributed by atoms with E-state index in [-0.39, 0.29) is 0 Å². The Balaban J connectivity index is 2.11. The Morgan fingerprint density at radius 3 is 2.42 bits per heavy atom. The fourth-order valence-corrected chi connectivity index (χ4v) is 2.58. The van der Waals surface area contributed by atoms with Crippen molar-refractivity contribution in [2.45, 2.75) is 37.8 Å².